The molecular weight excluding hydrogens is 290 g/mol. The van der Waals surface area contributed by atoms with Gasteiger partial charge in [-0.05, 0) is 26.0 Å². The first-order valence-corrected chi connectivity index (χ1v) is 7.08. The number of aliphatic carboxylic acids is 1. The molecule has 0 aliphatic heterocycles. The SMILES string of the molecule is Cc1nc(NC(=O)N(CC(=O)O)c2ccccc2)sc1C. The second-order valence-corrected chi connectivity index (χ2v) is 5.61. The lowest BCUT2D eigenvalue weighted by Gasteiger charge is -2.20. The van der Waals surface area contributed by atoms with Crippen LogP contribution in [0.4, 0.5) is 15.6 Å². The van der Waals surface area contributed by atoms with Crippen molar-refractivity contribution in [3.63, 3.8) is 0 Å². The van der Waals surface area contributed by atoms with Gasteiger partial charge in [0.05, 0.1) is 5.69 Å². The molecule has 0 fully saturated rings. The van der Waals surface area contributed by atoms with E-state index in [-0.39, 0.29) is 0 Å². The maximum Gasteiger partial charge on any atom is 0.328 e. The molecule has 1 aromatic carbocycles. The first kappa shape index (κ1) is 15.0. The number of rotatable bonds is 4. The van der Waals surface area contributed by atoms with Crippen LogP contribution in [-0.2, 0) is 4.79 Å². The highest BCUT2D eigenvalue weighted by Gasteiger charge is 2.20. The van der Waals surface area contributed by atoms with Crippen LogP contribution in [0.3, 0.4) is 0 Å². The molecule has 2 rings (SSSR count). The maximum absolute atomic E-state index is 12.3. The number of hydrogen-bond acceptors (Lipinski definition) is 4. The Kier molecular flexibility index (Phi) is 4.54. The summed E-state index contributed by atoms with van der Waals surface area (Å²) < 4.78 is 0. The van der Waals surface area contributed by atoms with Crippen molar-refractivity contribution in [2.24, 2.45) is 0 Å². The van der Waals surface area contributed by atoms with Crippen LogP contribution in [0.15, 0.2) is 30.3 Å². The standard InChI is InChI=1S/C14H15N3O3S/c1-9-10(2)21-13(15-9)16-14(20)17(8-12(18)19)11-6-4-3-5-7-11/h3-7H,8H2,1-2H3,(H,18,19)(H,15,16,20). The van der Waals surface area contributed by atoms with E-state index in [2.05, 4.69) is 10.3 Å². The van der Waals surface area contributed by atoms with E-state index in [1.807, 2.05) is 13.8 Å². The summed E-state index contributed by atoms with van der Waals surface area (Å²) in [5, 5.41) is 12.1. The molecule has 21 heavy (non-hydrogen) atoms. The van der Waals surface area contributed by atoms with Gasteiger partial charge in [0.15, 0.2) is 5.13 Å². The minimum Gasteiger partial charge on any atom is -0.480 e. The van der Waals surface area contributed by atoms with Crippen LogP contribution >= 0.6 is 11.3 Å². The molecule has 0 aliphatic rings. The molecule has 2 N–H and O–H groups in total. The molecule has 110 valence electrons. The summed E-state index contributed by atoms with van der Waals surface area (Å²) in [7, 11) is 0. The van der Waals surface area contributed by atoms with Crippen LogP contribution in [0.1, 0.15) is 10.6 Å². The van der Waals surface area contributed by atoms with Crippen molar-refractivity contribution >= 4 is 34.2 Å². The number of urea groups is 1. The molecule has 6 nitrogen and oxygen atoms in total. The van der Waals surface area contributed by atoms with Gasteiger partial charge < -0.3 is 5.11 Å². The average Bonchev–Trinajstić information content (AvgIpc) is 2.75. The maximum atomic E-state index is 12.3. The second kappa shape index (κ2) is 6.36. The molecule has 1 aromatic heterocycles. The number of carboxylic acid groups (broad SMARTS) is 1. The first-order valence-electron chi connectivity index (χ1n) is 6.26. The van der Waals surface area contributed by atoms with Gasteiger partial charge in [-0.25, -0.2) is 9.78 Å². The fourth-order valence-electron chi connectivity index (χ4n) is 1.71. The predicted octanol–water partition coefficient (Wildman–Crippen LogP) is 2.88. The van der Waals surface area contributed by atoms with E-state index in [4.69, 9.17) is 5.11 Å². The minimum absolute atomic E-state index is 0.417. The van der Waals surface area contributed by atoms with Crippen molar-refractivity contribution in [2.75, 3.05) is 16.8 Å². The molecule has 2 aromatic rings. The summed E-state index contributed by atoms with van der Waals surface area (Å²) in [6.45, 7) is 3.35. The molecule has 7 heteroatoms. The largest absolute Gasteiger partial charge is 0.480 e. The van der Waals surface area contributed by atoms with Crippen LogP contribution < -0.4 is 10.2 Å². The van der Waals surface area contributed by atoms with Gasteiger partial charge in [0.1, 0.15) is 6.54 Å². The Balaban J connectivity index is 2.20. The van der Waals surface area contributed by atoms with Gasteiger partial charge in [0, 0.05) is 10.6 Å². The molecule has 0 bridgehead atoms. The zero-order chi connectivity index (χ0) is 15.4. The Morgan fingerprint density at radius 2 is 1.95 bits per heavy atom. The summed E-state index contributed by atoms with van der Waals surface area (Å²) in [5.41, 5.74) is 1.36. The van der Waals surface area contributed by atoms with Crippen LogP contribution in [0, 0.1) is 13.8 Å². The van der Waals surface area contributed by atoms with E-state index >= 15 is 0 Å². The molecule has 0 saturated carbocycles. The van der Waals surface area contributed by atoms with E-state index in [9.17, 15) is 9.59 Å². The molecule has 2 amide bonds. The quantitative estimate of drug-likeness (QED) is 0.910. The van der Waals surface area contributed by atoms with Crippen molar-refractivity contribution in [3.8, 4) is 0 Å². The van der Waals surface area contributed by atoms with Gasteiger partial charge in [0.2, 0.25) is 0 Å². The normalized spacial score (nSPS) is 10.2. The monoisotopic (exact) mass is 305 g/mol. The van der Waals surface area contributed by atoms with Crippen molar-refractivity contribution in [1.29, 1.82) is 0 Å². The molecule has 0 radical (unpaired) electrons. The lowest BCUT2D eigenvalue weighted by molar-refractivity contribution is -0.135. The highest BCUT2D eigenvalue weighted by atomic mass is 32.1. The van der Waals surface area contributed by atoms with Crippen molar-refractivity contribution in [1.82, 2.24) is 4.98 Å². The number of hydrogen-bond donors (Lipinski definition) is 2. The van der Waals surface area contributed by atoms with E-state index in [1.165, 1.54) is 11.3 Å². The van der Waals surface area contributed by atoms with E-state index in [1.54, 1.807) is 30.3 Å². The summed E-state index contributed by atoms with van der Waals surface area (Å²) >= 11 is 1.36. The van der Waals surface area contributed by atoms with Crippen LogP contribution in [0.5, 0.6) is 0 Å². The van der Waals surface area contributed by atoms with Gasteiger partial charge in [-0.15, -0.1) is 11.3 Å². The van der Waals surface area contributed by atoms with Crippen molar-refractivity contribution < 1.29 is 14.7 Å². The Morgan fingerprint density at radius 3 is 2.48 bits per heavy atom. The van der Waals surface area contributed by atoms with Gasteiger partial charge in [-0.2, -0.15) is 0 Å². The Labute approximate surface area is 126 Å². The smallest absolute Gasteiger partial charge is 0.328 e. The van der Waals surface area contributed by atoms with Crippen LogP contribution in [-0.4, -0.2) is 28.6 Å². The van der Waals surface area contributed by atoms with Gasteiger partial charge in [0.25, 0.3) is 0 Å². The zero-order valence-corrected chi connectivity index (χ0v) is 12.5. The number of thiazole rings is 1. The van der Waals surface area contributed by atoms with Crippen LogP contribution in [0.2, 0.25) is 0 Å². The third kappa shape index (κ3) is 3.79. The molecule has 0 aliphatic carbocycles. The van der Waals surface area contributed by atoms with Gasteiger partial charge in [-0.1, -0.05) is 18.2 Å². The first-order chi connectivity index (χ1) is 9.97. The number of benzene rings is 1. The zero-order valence-electron chi connectivity index (χ0n) is 11.7. The molecule has 0 spiro atoms. The fraction of sp³-hybridized carbons (Fsp3) is 0.214. The topological polar surface area (TPSA) is 82.5 Å². The van der Waals surface area contributed by atoms with Crippen LogP contribution in [0.25, 0.3) is 0 Å². The molecule has 1 heterocycles. The van der Waals surface area contributed by atoms with Gasteiger partial charge >= 0.3 is 12.0 Å². The third-order valence-corrected chi connectivity index (χ3v) is 3.84. The lowest BCUT2D eigenvalue weighted by Crippen LogP contribution is -2.38. The minimum atomic E-state index is -1.08. The van der Waals surface area contributed by atoms with Crippen molar-refractivity contribution in [2.45, 2.75) is 13.8 Å². The number of nitrogens with zero attached hydrogens (tertiary/aromatic N) is 2. The van der Waals surface area contributed by atoms with Crippen molar-refractivity contribution in [3.05, 3.63) is 40.9 Å². The molecular formula is C14H15N3O3S. The van der Waals surface area contributed by atoms with E-state index in [0.717, 1.165) is 15.5 Å². The average molecular weight is 305 g/mol. The van der Waals surface area contributed by atoms with E-state index in [0.29, 0.717) is 10.8 Å². The number of carbonyl (C=O) groups excluding carboxylic acids is 1. The predicted molar refractivity (Wildman–Crippen MR) is 82.0 cm³/mol. The Bertz CT molecular complexity index is 635. The Morgan fingerprint density at radius 1 is 1.29 bits per heavy atom. The second-order valence-electron chi connectivity index (χ2n) is 4.41. The molecule has 0 atom stereocenters. The number of amides is 2. The van der Waals surface area contributed by atoms with Gasteiger partial charge in [-0.3, -0.25) is 15.0 Å². The number of para-hydroxylation sites is 1. The Hall–Kier alpha value is -2.41. The summed E-state index contributed by atoms with van der Waals surface area (Å²) in [6, 6.07) is 8.14. The number of anilines is 2. The molecule has 0 unspecified atom stereocenters. The number of carbonyl (C=O) groups is 2. The highest BCUT2D eigenvalue weighted by Crippen LogP contribution is 2.22. The summed E-state index contributed by atoms with van der Waals surface area (Å²) in [4.78, 5) is 29.6. The number of aromatic nitrogens is 1. The number of aryl methyl sites for hydroxylation is 2. The number of carboxylic acids is 1. The lowest BCUT2D eigenvalue weighted by atomic mass is 10.3. The fourth-order valence-corrected chi connectivity index (χ4v) is 2.51. The molecule has 0 saturated heterocycles. The third-order valence-electron chi connectivity index (χ3n) is 2.85. The highest BCUT2D eigenvalue weighted by molar-refractivity contribution is 7.15. The van der Waals surface area contributed by atoms with E-state index < -0.39 is 18.5 Å². The summed E-state index contributed by atoms with van der Waals surface area (Å²) in [6.07, 6.45) is 0. The number of nitrogens with one attached hydrogen (secondary N) is 1. The summed E-state index contributed by atoms with van der Waals surface area (Å²) in [5.74, 6) is -1.08.